The van der Waals surface area contributed by atoms with Crippen LogP contribution >= 0.6 is 0 Å². The van der Waals surface area contributed by atoms with Gasteiger partial charge in [-0.15, -0.1) is 0 Å². The fraction of sp³-hybridized carbons (Fsp3) is 0.600. The van der Waals surface area contributed by atoms with Gasteiger partial charge in [0.25, 0.3) is 0 Å². The third-order valence-corrected chi connectivity index (χ3v) is 6.03. The van der Waals surface area contributed by atoms with Crippen molar-refractivity contribution >= 4 is 9.84 Å². The van der Waals surface area contributed by atoms with Crippen molar-refractivity contribution in [2.24, 2.45) is 0 Å². The number of rotatable bonds is 5. The van der Waals surface area contributed by atoms with Crippen molar-refractivity contribution < 1.29 is 13.5 Å². The van der Waals surface area contributed by atoms with E-state index in [1.54, 1.807) is 6.92 Å². The molecular formula is C15H22O3S. The van der Waals surface area contributed by atoms with Crippen LogP contribution in [0.4, 0.5) is 0 Å². The number of fused-ring (bicyclic) bond motifs is 1. The minimum atomic E-state index is -2.98. The van der Waals surface area contributed by atoms with Crippen molar-refractivity contribution in [2.45, 2.75) is 38.0 Å². The summed E-state index contributed by atoms with van der Waals surface area (Å²) in [4.78, 5) is 0. The first-order valence-corrected chi connectivity index (χ1v) is 8.75. The van der Waals surface area contributed by atoms with Crippen molar-refractivity contribution in [3.05, 3.63) is 35.4 Å². The van der Waals surface area contributed by atoms with Crippen LogP contribution in [0, 0.1) is 0 Å². The molecule has 0 spiro atoms. The summed E-state index contributed by atoms with van der Waals surface area (Å²) < 4.78 is 23.5. The second-order valence-electron chi connectivity index (χ2n) is 5.44. The monoisotopic (exact) mass is 282 g/mol. The van der Waals surface area contributed by atoms with Crippen molar-refractivity contribution in [3.63, 3.8) is 0 Å². The first kappa shape index (κ1) is 14.5. The van der Waals surface area contributed by atoms with E-state index in [1.807, 2.05) is 18.2 Å². The van der Waals surface area contributed by atoms with E-state index in [4.69, 9.17) is 0 Å². The summed E-state index contributed by atoms with van der Waals surface area (Å²) in [5, 5.41) is 9.86. The first-order chi connectivity index (χ1) is 9.03. The number of aliphatic hydroxyl groups excluding tert-OH is 1. The van der Waals surface area contributed by atoms with Crippen LogP contribution in [0.5, 0.6) is 0 Å². The fourth-order valence-corrected chi connectivity index (χ4v) is 4.00. The van der Waals surface area contributed by atoms with Crippen LogP contribution in [0.25, 0.3) is 0 Å². The summed E-state index contributed by atoms with van der Waals surface area (Å²) >= 11 is 0. The molecule has 0 bridgehead atoms. The lowest BCUT2D eigenvalue weighted by Crippen LogP contribution is -2.36. The maximum Gasteiger partial charge on any atom is 0.150 e. The van der Waals surface area contributed by atoms with Crippen LogP contribution < -0.4 is 0 Å². The molecule has 1 aromatic rings. The Morgan fingerprint density at radius 1 is 1.32 bits per heavy atom. The molecule has 0 aliphatic heterocycles. The molecule has 0 heterocycles. The number of sulfone groups is 1. The van der Waals surface area contributed by atoms with Gasteiger partial charge in [-0.05, 0) is 36.8 Å². The van der Waals surface area contributed by atoms with E-state index in [2.05, 4.69) is 6.07 Å². The Balaban J connectivity index is 2.29. The average molecular weight is 282 g/mol. The van der Waals surface area contributed by atoms with Crippen molar-refractivity contribution in [2.75, 3.05) is 18.1 Å². The van der Waals surface area contributed by atoms with Gasteiger partial charge in [-0.3, -0.25) is 0 Å². The van der Waals surface area contributed by atoms with Gasteiger partial charge in [0.15, 0.2) is 0 Å². The molecule has 1 atom stereocenters. The molecule has 1 aliphatic carbocycles. The number of hydrogen-bond acceptors (Lipinski definition) is 3. The van der Waals surface area contributed by atoms with Gasteiger partial charge in [0.2, 0.25) is 0 Å². The Labute approximate surface area is 115 Å². The molecule has 0 amide bonds. The fourth-order valence-electron chi connectivity index (χ4n) is 3.01. The minimum absolute atomic E-state index is 0.0310. The Bertz CT molecular complexity index is 536. The predicted molar refractivity (Wildman–Crippen MR) is 77.1 cm³/mol. The molecule has 1 N–H and O–H groups in total. The molecule has 106 valence electrons. The number of aryl methyl sites for hydroxylation is 1. The standard InChI is InChI=1S/C15H22O3S/c1-2-19(17,18)11-10-15(12-16)9-5-7-13-6-3-4-8-14(13)15/h3-4,6,8,16H,2,5,7,9-12H2,1H3. The van der Waals surface area contributed by atoms with E-state index < -0.39 is 9.84 Å². The van der Waals surface area contributed by atoms with Gasteiger partial charge in [-0.2, -0.15) is 0 Å². The predicted octanol–water partition coefficient (Wildman–Crippen LogP) is 2.08. The average Bonchev–Trinajstić information content (AvgIpc) is 2.45. The highest BCUT2D eigenvalue weighted by Gasteiger charge is 2.36. The van der Waals surface area contributed by atoms with Gasteiger partial charge in [0.05, 0.1) is 12.4 Å². The zero-order valence-corrected chi connectivity index (χ0v) is 12.2. The van der Waals surface area contributed by atoms with Crippen LogP contribution in [0.1, 0.15) is 37.3 Å². The first-order valence-electron chi connectivity index (χ1n) is 6.93. The number of hydrogen-bond donors (Lipinski definition) is 1. The summed E-state index contributed by atoms with van der Waals surface area (Å²) in [6, 6.07) is 8.12. The van der Waals surface area contributed by atoms with E-state index in [-0.39, 0.29) is 23.5 Å². The molecule has 0 aromatic heterocycles. The summed E-state index contributed by atoms with van der Waals surface area (Å²) in [5.41, 5.74) is 2.05. The molecule has 19 heavy (non-hydrogen) atoms. The van der Waals surface area contributed by atoms with E-state index in [0.717, 1.165) is 24.8 Å². The van der Waals surface area contributed by atoms with Crippen molar-refractivity contribution in [1.29, 1.82) is 0 Å². The zero-order valence-electron chi connectivity index (χ0n) is 11.4. The third-order valence-electron chi connectivity index (χ3n) is 4.32. The van der Waals surface area contributed by atoms with E-state index in [9.17, 15) is 13.5 Å². The molecule has 0 radical (unpaired) electrons. The molecule has 0 fully saturated rings. The van der Waals surface area contributed by atoms with Crippen LogP contribution in [0.3, 0.4) is 0 Å². The Kier molecular flexibility index (Phi) is 4.31. The number of aliphatic hydroxyl groups is 1. The smallest absolute Gasteiger partial charge is 0.150 e. The lowest BCUT2D eigenvalue weighted by molar-refractivity contribution is 0.170. The highest BCUT2D eigenvalue weighted by atomic mass is 32.2. The second-order valence-corrected chi connectivity index (χ2v) is 7.91. The normalized spacial score (nSPS) is 23.1. The summed E-state index contributed by atoms with van der Waals surface area (Å²) in [5.74, 6) is 0.342. The Morgan fingerprint density at radius 3 is 2.74 bits per heavy atom. The van der Waals surface area contributed by atoms with Gasteiger partial charge < -0.3 is 5.11 Å². The molecule has 0 saturated carbocycles. The van der Waals surface area contributed by atoms with E-state index in [0.29, 0.717) is 6.42 Å². The van der Waals surface area contributed by atoms with Crippen LogP contribution in [0.2, 0.25) is 0 Å². The highest BCUT2D eigenvalue weighted by molar-refractivity contribution is 7.91. The van der Waals surface area contributed by atoms with E-state index in [1.165, 1.54) is 5.56 Å². The van der Waals surface area contributed by atoms with Gasteiger partial charge in [0.1, 0.15) is 9.84 Å². The van der Waals surface area contributed by atoms with Gasteiger partial charge >= 0.3 is 0 Å². The molecule has 0 saturated heterocycles. The lowest BCUT2D eigenvalue weighted by atomic mass is 9.69. The van der Waals surface area contributed by atoms with Crippen LogP contribution in [-0.2, 0) is 21.7 Å². The molecule has 4 heteroatoms. The largest absolute Gasteiger partial charge is 0.395 e. The Hall–Kier alpha value is -0.870. The quantitative estimate of drug-likeness (QED) is 0.899. The van der Waals surface area contributed by atoms with E-state index >= 15 is 0 Å². The summed E-state index contributed by atoms with van der Waals surface area (Å²) in [6.07, 6.45) is 3.44. The molecular weight excluding hydrogens is 260 g/mol. The highest BCUT2D eigenvalue weighted by Crippen LogP contribution is 2.40. The Morgan fingerprint density at radius 2 is 2.05 bits per heavy atom. The minimum Gasteiger partial charge on any atom is -0.395 e. The molecule has 3 nitrogen and oxygen atoms in total. The van der Waals surface area contributed by atoms with Gasteiger partial charge in [0, 0.05) is 11.2 Å². The summed E-state index contributed by atoms with van der Waals surface area (Å²) in [6.45, 7) is 1.71. The SMILES string of the molecule is CCS(=O)(=O)CCC1(CO)CCCc2ccccc21. The van der Waals surface area contributed by atoms with Crippen molar-refractivity contribution in [1.82, 2.24) is 0 Å². The third kappa shape index (κ3) is 3.00. The van der Waals surface area contributed by atoms with Crippen LogP contribution in [0.15, 0.2) is 24.3 Å². The topological polar surface area (TPSA) is 54.4 Å². The van der Waals surface area contributed by atoms with Crippen molar-refractivity contribution in [3.8, 4) is 0 Å². The van der Waals surface area contributed by atoms with Gasteiger partial charge in [-0.25, -0.2) is 8.42 Å². The molecule has 1 aliphatic rings. The lowest BCUT2D eigenvalue weighted by Gasteiger charge is -2.38. The molecule has 1 unspecified atom stereocenters. The number of benzene rings is 1. The maximum absolute atomic E-state index is 11.7. The molecule has 2 rings (SSSR count). The van der Waals surface area contributed by atoms with Gasteiger partial charge in [-0.1, -0.05) is 31.2 Å². The second kappa shape index (κ2) is 5.63. The zero-order chi connectivity index (χ0) is 13.9. The van der Waals surface area contributed by atoms with Crippen LogP contribution in [-0.4, -0.2) is 31.6 Å². The summed E-state index contributed by atoms with van der Waals surface area (Å²) in [7, 11) is -2.98. The maximum atomic E-state index is 11.7. The molecule has 1 aromatic carbocycles.